The van der Waals surface area contributed by atoms with E-state index in [2.05, 4.69) is 13.8 Å². The molecule has 0 spiro atoms. The van der Waals surface area contributed by atoms with Gasteiger partial charge in [-0.25, -0.2) is 0 Å². The zero-order chi connectivity index (χ0) is 10.8. The number of rotatable bonds is 2. The molecule has 0 bridgehead atoms. The zero-order valence-corrected chi connectivity index (χ0v) is 10.4. The van der Waals surface area contributed by atoms with Gasteiger partial charge in [0.15, 0.2) is 0 Å². The summed E-state index contributed by atoms with van der Waals surface area (Å²) < 4.78 is 0. The van der Waals surface area contributed by atoms with Crippen LogP contribution in [0.3, 0.4) is 0 Å². The van der Waals surface area contributed by atoms with E-state index in [0.29, 0.717) is 6.54 Å². The Labute approximate surface area is 97.6 Å². The molecule has 6 N–H and O–H groups in total. The third-order valence-electron chi connectivity index (χ3n) is 0.454. The minimum Gasteiger partial charge on any atom is -0.400 e. The molecule has 0 amide bonds. The Morgan fingerprint density at radius 1 is 1.00 bits per heavy atom. The second kappa shape index (κ2) is 80.8. The fourth-order valence-corrected chi connectivity index (χ4v) is 0.144. The van der Waals surface area contributed by atoms with Gasteiger partial charge < -0.3 is 35.5 Å². The minimum atomic E-state index is 0. The van der Waals surface area contributed by atoms with Crippen LogP contribution >= 0.6 is 0 Å². The largest absolute Gasteiger partial charge is 2.00 e. The van der Waals surface area contributed by atoms with Gasteiger partial charge in [0, 0.05) is 14.2 Å². The molecule has 4 nitrogen and oxygen atoms in total. The maximum absolute atomic E-state index is 7.00. The quantitative estimate of drug-likeness (QED) is 0.380. The summed E-state index contributed by atoms with van der Waals surface area (Å²) in [6.07, 6.45) is 2.02. The van der Waals surface area contributed by atoms with Gasteiger partial charge in [-0.15, -0.1) is 6.54 Å². The van der Waals surface area contributed by atoms with E-state index in [9.17, 15) is 0 Å². The summed E-state index contributed by atoms with van der Waals surface area (Å²) in [4.78, 5) is 0. The first kappa shape index (κ1) is 29.2. The van der Waals surface area contributed by atoms with E-state index in [-0.39, 0.29) is 21.7 Å². The Hall–Kier alpha value is 0.554. The summed E-state index contributed by atoms with van der Waals surface area (Å²) in [6, 6.07) is 0. The Morgan fingerprint density at radius 2 is 1.23 bits per heavy atom. The molecule has 0 saturated carbocycles. The molecule has 0 aliphatic heterocycles. The summed E-state index contributed by atoms with van der Waals surface area (Å²) in [5.74, 6) is 0. The molecule has 5 heteroatoms. The topological polar surface area (TPSA) is 92.5 Å². The van der Waals surface area contributed by atoms with Crippen LogP contribution in [0.4, 0.5) is 0 Å². The van der Waals surface area contributed by atoms with Gasteiger partial charge in [-0.05, 0) is 6.54 Å². The maximum Gasteiger partial charge on any atom is 2.00 e. The van der Waals surface area contributed by atoms with E-state index < -0.39 is 0 Å². The Kier molecular flexibility index (Phi) is 181. The normalized spacial score (nSPS) is 5.54. The van der Waals surface area contributed by atoms with E-state index in [1.165, 1.54) is 0 Å². The van der Waals surface area contributed by atoms with Crippen molar-refractivity contribution in [1.82, 2.24) is 0 Å². The number of aliphatic hydroxyl groups is 2. The van der Waals surface area contributed by atoms with Crippen LogP contribution in [0.25, 0.3) is 0 Å². The molecule has 13 heavy (non-hydrogen) atoms. The first-order valence-electron chi connectivity index (χ1n) is 3.71. The van der Waals surface area contributed by atoms with Crippen molar-refractivity contribution in [3.8, 4) is 0 Å². The third-order valence-corrected chi connectivity index (χ3v) is 0.454. The molecule has 0 rings (SSSR count). The summed E-state index contributed by atoms with van der Waals surface area (Å²) in [7, 11) is 2.00. The van der Waals surface area contributed by atoms with Crippen molar-refractivity contribution in [3.63, 3.8) is 0 Å². The van der Waals surface area contributed by atoms with Gasteiger partial charge in [0.1, 0.15) is 0 Å². The van der Waals surface area contributed by atoms with Crippen LogP contribution in [-0.2, 0) is 21.7 Å². The monoisotopic (exact) mass is 228 g/mol. The molecule has 0 aromatic rings. The fourth-order valence-electron chi connectivity index (χ4n) is 0.144. The first-order chi connectivity index (χ1) is 5.83. The number of unbranched alkanes of at least 4 members (excludes halogenated alkanes) is 1. The van der Waals surface area contributed by atoms with E-state index in [4.69, 9.17) is 21.7 Å². The molecular formula is C8H24N2O2Ti. The van der Waals surface area contributed by atoms with E-state index >= 15 is 0 Å². The molecular weight excluding hydrogens is 204 g/mol. The average molecular weight is 228 g/mol. The van der Waals surface area contributed by atoms with E-state index in [1.54, 1.807) is 0 Å². The van der Waals surface area contributed by atoms with Gasteiger partial charge in [-0.1, -0.05) is 6.42 Å². The molecule has 0 aliphatic rings. The number of nitrogens with two attached hydrogens (primary N) is 2. The van der Waals surface area contributed by atoms with Crippen molar-refractivity contribution in [2.24, 2.45) is 11.5 Å². The number of aliphatic hydroxyl groups excluding tert-OH is 2. The molecule has 82 valence electrons. The second-order valence-electron chi connectivity index (χ2n) is 1.28. The van der Waals surface area contributed by atoms with Crippen molar-refractivity contribution in [1.29, 1.82) is 0 Å². The van der Waals surface area contributed by atoms with Gasteiger partial charge in [0.2, 0.25) is 0 Å². The molecule has 0 aromatic heterocycles. The van der Waals surface area contributed by atoms with Gasteiger partial charge in [0.25, 0.3) is 0 Å². The fraction of sp³-hybridized carbons (Fsp3) is 0.750. The van der Waals surface area contributed by atoms with Crippen LogP contribution in [0.2, 0.25) is 0 Å². The molecule has 0 aromatic carbocycles. The van der Waals surface area contributed by atoms with Crippen LogP contribution in [0, 0.1) is 13.8 Å². The Morgan fingerprint density at radius 3 is 1.23 bits per heavy atom. The van der Waals surface area contributed by atoms with Gasteiger partial charge in [0.05, 0.1) is 0 Å². The average Bonchev–Trinajstić information content (AvgIpc) is 2.14. The molecule has 0 atom stereocenters. The van der Waals surface area contributed by atoms with Gasteiger partial charge in [-0.3, -0.25) is 0 Å². The van der Waals surface area contributed by atoms with Crippen LogP contribution < -0.4 is 11.5 Å². The predicted octanol–water partition coefficient (Wildman–Crippen LogP) is -0.447. The first-order valence-corrected chi connectivity index (χ1v) is 3.71. The van der Waals surface area contributed by atoms with Crippen molar-refractivity contribution in [2.45, 2.75) is 12.8 Å². The molecule has 0 unspecified atom stereocenters. The van der Waals surface area contributed by atoms with Crippen LogP contribution in [0.15, 0.2) is 0 Å². The van der Waals surface area contributed by atoms with Crippen molar-refractivity contribution in [3.05, 3.63) is 13.8 Å². The molecule has 0 saturated heterocycles. The van der Waals surface area contributed by atoms with Crippen molar-refractivity contribution < 1.29 is 31.9 Å². The van der Waals surface area contributed by atoms with Crippen molar-refractivity contribution >= 4 is 0 Å². The van der Waals surface area contributed by atoms with Crippen molar-refractivity contribution in [2.75, 3.05) is 27.3 Å². The molecule has 0 radical (unpaired) electrons. The summed E-state index contributed by atoms with van der Waals surface area (Å²) in [5, 5.41) is 14.0. The smallest absolute Gasteiger partial charge is 0.400 e. The Bertz CT molecular complexity index is 34.1. The Balaban J connectivity index is -0.0000000235. The van der Waals surface area contributed by atoms with E-state index in [0.717, 1.165) is 33.6 Å². The van der Waals surface area contributed by atoms with Gasteiger partial charge >= 0.3 is 21.7 Å². The zero-order valence-electron chi connectivity index (χ0n) is 8.79. The summed E-state index contributed by atoms with van der Waals surface area (Å²) in [6.45, 7) is 8.14. The van der Waals surface area contributed by atoms with Crippen LogP contribution in [-0.4, -0.2) is 37.5 Å². The van der Waals surface area contributed by atoms with Gasteiger partial charge in [-0.2, -0.15) is 6.42 Å². The molecule has 0 heterocycles. The molecule has 0 fully saturated rings. The minimum absolute atomic E-state index is 0. The number of hydrogen-bond donors (Lipinski definition) is 4. The standard InChI is InChI=1S/C4H10N.C2H6N.2CH4O.Ti/c1-2-3-4-5;1-2-3;2*1-2;/h1-5H2;1-3H2;2*2H,1H3;/q2*-1;;;+2. The SMILES string of the molecule is CO.CO.[CH2-]CCCN.[CH2-]CN.[Ti+2]. The van der Waals surface area contributed by atoms with Crippen LogP contribution in [0.1, 0.15) is 12.8 Å². The maximum atomic E-state index is 7.00. The van der Waals surface area contributed by atoms with E-state index in [1.807, 2.05) is 0 Å². The molecule has 0 aliphatic carbocycles. The predicted molar refractivity (Wildman–Crippen MR) is 54.3 cm³/mol. The summed E-state index contributed by atoms with van der Waals surface area (Å²) >= 11 is 0. The third kappa shape index (κ3) is 214. The summed E-state index contributed by atoms with van der Waals surface area (Å²) in [5.41, 5.74) is 9.84. The van der Waals surface area contributed by atoms with Crippen LogP contribution in [0.5, 0.6) is 0 Å². The number of hydrogen-bond acceptors (Lipinski definition) is 4. The second-order valence-corrected chi connectivity index (χ2v) is 1.28.